The molecule has 2 aromatic carbocycles. The number of anilines is 1. The normalized spacial score (nSPS) is 18.9. The zero-order valence-corrected chi connectivity index (χ0v) is 18.8. The Balaban J connectivity index is 1.83. The first kappa shape index (κ1) is 26.5. The van der Waals surface area contributed by atoms with Crippen LogP contribution in [0.3, 0.4) is 0 Å². The summed E-state index contributed by atoms with van der Waals surface area (Å²) in [4.78, 5) is 37.6. The molecule has 37 heavy (non-hydrogen) atoms. The van der Waals surface area contributed by atoms with Crippen molar-refractivity contribution in [1.82, 2.24) is 4.90 Å². The molecule has 198 valence electrons. The van der Waals surface area contributed by atoms with Crippen LogP contribution in [0, 0.1) is 34.9 Å². The number of ether oxygens (including phenoxy) is 1. The minimum absolute atomic E-state index is 0.0412. The van der Waals surface area contributed by atoms with E-state index in [9.17, 15) is 54.6 Å². The van der Waals surface area contributed by atoms with Crippen molar-refractivity contribution in [2.24, 2.45) is 0 Å². The molecule has 0 aromatic heterocycles. The van der Waals surface area contributed by atoms with Crippen molar-refractivity contribution in [3.8, 4) is 16.9 Å². The topological polar surface area (TPSA) is 87.2 Å². The van der Waals surface area contributed by atoms with E-state index in [0.29, 0.717) is 6.07 Å². The van der Waals surface area contributed by atoms with Gasteiger partial charge in [0.1, 0.15) is 18.4 Å². The molecule has 0 aliphatic carbocycles. The molecule has 2 heterocycles. The number of rotatable bonds is 4. The third-order valence-corrected chi connectivity index (χ3v) is 6.60. The lowest BCUT2D eigenvalue weighted by molar-refractivity contribution is -0.193. The van der Waals surface area contributed by atoms with Crippen LogP contribution >= 0.6 is 11.8 Å². The van der Waals surface area contributed by atoms with E-state index >= 15 is 0 Å². The van der Waals surface area contributed by atoms with Gasteiger partial charge in [-0.15, -0.1) is 0 Å². The van der Waals surface area contributed by atoms with E-state index < -0.39 is 93.9 Å². The molecule has 2 amide bonds. The number of carboxylic acids is 1. The van der Waals surface area contributed by atoms with Crippen LogP contribution in [0.4, 0.5) is 40.8 Å². The predicted molar refractivity (Wildman–Crippen MR) is 110 cm³/mol. The second-order valence-corrected chi connectivity index (χ2v) is 8.92. The maximum Gasteiger partial charge on any atom is 0.482 e. The zero-order chi connectivity index (χ0) is 27.4. The molecule has 0 saturated carbocycles. The Hall–Kier alpha value is -3.56. The van der Waals surface area contributed by atoms with Crippen LogP contribution in [-0.4, -0.2) is 64.5 Å². The molecular weight excluding hydrogens is 544 g/mol. The van der Waals surface area contributed by atoms with E-state index in [4.69, 9.17) is 0 Å². The number of aliphatic carboxylic acids is 1. The zero-order valence-electron chi connectivity index (χ0n) is 18.0. The summed E-state index contributed by atoms with van der Waals surface area (Å²) in [5, 5.41) is 9.34. The summed E-state index contributed by atoms with van der Waals surface area (Å²) in [6.07, 6.45) is -4.64. The molecule has 2 aliphatic rings. The first-order chi connectivity index (χ1) is 17.3. The highest BCUT2D eigenvalue weighted by Crippen LogP contribution is 2.44. The average molecular weight is 556 g/mol. The van der Waals surface area contributed by atoms with E-state index in [2.05, 4.69) is 4.74 Å². The summed E-state index contributed by atoms with van der Waals surface area (Å²) in [7, 11) is 0. The maximum atomic E-state index is 14.7. The Kier molecular flexibility index (Phi) is 6.73. The number of hydrogen-bond acceptors (Lipinski definition) is 5. The van der Waals surface area contributed by atoms with Gasteiger partial charge in [0, 0.05) is 29.7 Å². The highest BCUT2D eigenvalue weighted by Gasteiger charge is 2.52. The van der Waals surface area contributed by atoms with Gasteiger partial charge in [0.05, 0.1) is 11.3 Å². The Morgan fingerprint density at radius 2 is 1.62 bits per heavy atom. The third kappa shape index (κ3) is 4.42. The first-order valence-corrected chi connectivity index (χ1v) is 11.3. The number of nitrogens with zero attached hydrogens (tertiary/aromatic N) is 2. The molecule has 16 heteroatoms. The minimum Gasteiger partial charge on any atom is -0.480 e. The Labute approximate surface area is 205 Å². The number of carboxylic acid groups (broad SMARTS) is 1. The Morgan fingerprint density at radius 3 is 2.22 bits per heavy atom. The van der Waals surface area contributed by atoms with Crippen molar-refractivity contribution in [3.63, 3.8) is 0 Å². The molecule has 0 spiro atoms. The largest absolute Gasteiger partial charge is 0.482 e. The number of amides is 2. The fourth-order valence-electron chi connectivity index (χ4n) is 3.81. The van der Waals surface area contributed by atoms with Gasteiger partial charge in [-0.3, -0.25) is 14.5 Å². The molecule has 1 saturated heterocycles. The van der Waals surface area contributed by atoms with Gasteiger partial charge in [0.15, 0.2) is 29.0 Å². The smallest absolute Gasteiger partial charge is 0.480 e. The van der Waals surface area contributed by atoms with Crippen molar-refractivity contribution >= 4 is 35.2 Å². The number of carbonyl (C=O) groups is 3. The molecule has 1 unspecified atom stereocenters. The van der Waals surface area contributed by atoms with E-state index in [1.807, 2.05) is 0 Å². The van der Waals surface area contributed by atoms with E-state index in [1.54, 1.807) is 0 Å². The molecule has 1 atom stereocenters. The highest BCUT2D eigenvalue weighted by molar-refractivity contribution is 7.99. The van der Waals surface area contributed by atoms with E-state index in [0.717, 1.165) is 4.90 Å². The predicted octanol–water partition coefficient (Wildman–Crippen LogP) is 3.54. The van der Waals surface area contributed by atoms with Gasteiger partial charge in [-0.25, -0.2) is 31.1 Å². The number of fused-ring (bicyclic) bond motifs is 1. The second-order valence-electron chi connectivity index (χ2n) is 7.77. The van der Waals surface area contributed by atoms with Crippen LogP contribution in [0.2, 0.25) is 0 Å². The fraction of sp³-hybridized carbons (Fsp3) is 0.286. The number of carbonyl (C=O) groups excluding carboxylic acids is 2. The molecule has 1 fully saturated rings. The standard InChI is InChI=1S/C21H12F8N2O5S/c22-8-4-11-9(3-7(8)13-14(23)16(25)18(27)17(26)15(13)24)31(20(35)21(28,29)36-11)5-12(32)30-1-2-37-6-10(30)19(33)34/h3-4,10H,1-2,5-6H2,(H,33,34). The summed E-state index contributed by atoms with van der Waals surface area (Å²) in [5.74, 6) is -19.6. The maximum absolute atomic E-state index is 14.7. The lowest BCUT2D eigenvalue weighted by Crippen LogP contribution is -2.57. The lowest BCUT2D eigenvalue weighted by Gasteiger charge is -2.37. The summed E-state index contributed by atoms with van der Waals surface area (Å²) in [6, 6.07) is -0.929. The van der Waals surface area contributed by atoms with Gasteiger partial charge < -0.3 is 14.7 Å². The number of alkyl halides is 2. The molecule has 2 aromatic rings. The van der Waals surface area contributed by atoms with Gasteiger partial charge in [0.2, 0.25) is 11.7 Å². The lowest BCUT2D eigenvalue weighted by atomic mass is 10.0. The van der Waals surface area contributed by atoms with Crippen molar-refractivity contribution < 1.29 is 59.4 Å². The Morgan fingerprint density at radius 1 is 1.03 bits per heavy atom. The van der Waals surface area contributed by atoms with Crippen molar-refractivity contribution in [1.29, 1.82) is 0 Å². The fourth-order valence-corrected chi connectivity index (χ4v) is 4.85. The van der Waals surface area contributed by atoms with Crippen LogP contribution in [0.25, 0.3) is 11.1 Å². The molecular formula is C21H12F8N2O5S. The van der Waals surface area contributed by atoms with Crippen LogP contribution in [0.5, 0.6) is 5.75 Å². The first-order valence-electron chi connectivity index (χ1n) is 10.1. The van der Waals surface area contributed by atoms with Crippen LogP contribution in [0.15, 0.2) is 12.1 Å². The molecule has 0 radical (unpaired) electrons. The van der Waals surface area contributed by atoms with Crippen LogP contribution in [0.1, 0.15) is 0 Å². The van der Waals surface area contributed by atoms with Gasteiger partial charge >= 0.3 is 18.0 Å². The number of benzene rings is 2. The second kappa shape index (κ2) is 9.39. The van der Waals surface area contributed by atoms with E-state index in [-0.39, 0.29) is 29.0 Å². The van der Waals surface area contributed by atoms with Gasteiger partial charge in [-0.05, 0) is 6.07 Å². The molecule has 0 bridgehead atoms. The quantitative estimate of drug-likeness (QED) is 0.353. The number of thioether (sulfide) groups is 1. The summed E-state index contributed by atoms with van der Waals surface area (Å²) in [5.41, 5.74) is -3.93. The van der Waals surface area contributed by atoms with E-state index in [1.165, 1.54) is 11.8 Å². The van der Waals surface area contributed by atoms with Gasteiger partial charge in [0.25, 0.3) is 0 Å². The minimum atomic E-state index is -4.64. The molecule has 2 aliphatic heterocycles. The molecule has 7 nitrogen and oxygen atoms in total. The molecule has 1 N–H and O–H groups in total. The number of halogens is 8. The monoisotopic (exact) mass is 556 g/mol. The SMILES string of the molecule is O=C(O)C1CSCCN1C(=O)CN1C(=O)C(F)(F)Oc2cc(F)c(-c3c(F)c(F)c(F)c(F)c3F)cc21. The van der Waals surface area contributed by atoms with Crippen LogP contribution < -0.4 is 9.64 Å². The third-order valence-electron chi connectivity index (χ3n) is 5.58. The van der Waals surface area contributed by atoms with Gasteiger partial charge in [-0.1, -0.05) is 0 Å². The number of hydrogen-bond donors (Lipinski definition) is 1. The molecule has 4 rings (SSSR count). The highest BCUT2D eigenvalue weighted by atomic mass is 32.2. The van der Waals surface area contributed by atoms with Crippen molar-refractivity contribution in [2.45, 2.75) is 12.2 Å². The van der Waals surface area contributed by atoms with Gasteiger partial charge in [-0.2, -0.15) is 20.5 Å². The van der Waals surface area contributed by atoms with Crippen LogP contribution in [-0.2, 0) is 14.4 Å². The Bertz CT molecular complexity index is 1310. The van der Waals surface area contributed by atoms with Crippen molar-refractivity contribution in [2.75, 3.05) is 29.5 Å². The summed E-state index contributed by atoms with van der Waals surface area (Å²) < 4.78 is 117. The summed E-state index contributed by atoms with van der Waals surface area (Å²) >= 11 is 1.20. The van der Waals surface area contributed by atoms with Crippen molar-refractivity contribution in [3.05, 3.63) is 47.0 Å². The summed E-state index contributed by atoms with van der Waals surface area (Å²) in [6.45, 7) is -1.36. The average Bonchev–Trinajstić information content (AvgIpc) is 2.84.